The number of hydrogen-bond donors (Lipinski definition) is 0. The van der Waals surface area contributed by atoms with Gasteiger partial charge in [-0.25, -0.2) is 4.99 Å². The summed E-state index contributed by atoms with van der Waals surface area (Å²) in [6.07, 6.45) is 7.15. The molecule has 29 heavy (non-hydrogen) atoms. The highest BCUT2D eigenvalue weighted by atomic mass is 16.5. The number of ketones is 1. The lowest BCUT2D eigenvalue weighted by atomic mass is 9.96. The van der Waals surface area contributed by atoms with Gasteiger partial charge in [0.2, 0.25) is 5.78 Å². The van der Waals surface area contributed by atoms with Crippen LogP contribution in [0.2, 0.25) is 0 Å². The molecule has 0 N–H and O–H groups in total. The fourth-order valence-corrected chi connectivity index (χ4v) is 4.02. The smallest absolute Gasteiger partial charge is 0.200 e. The summed E-state index contributed by atoms with van der Waals surface area (Å²) >= 11 is 0. The third-order valence-electron chi connectivity index (χ3n) is 5.56. The molecule has 6 heteroatoms. The van der Waals surface area contributed by atoms with Gasteiger partial charge in [0.15, 0.2) is 0 Å². The number of benzene rings is 1. The quantitative estimate of drug-likeness (QED) is 0.741. The monoisotopic (exact) mass is 387 g/mol. The van der Waals surface area contributed by atoms with E-state index < -0.39 is 0 Å². The standard InChI is InChI=1S/C23H21N3O3/c1-28-19-3-4-21-17(11-19)10-18(14-29-21)23-20(27)13-26-12-16(2-5-22(26)25-23)15-6-8-24-9-7-15/h2-4,6-9,11H,5,10,12-14H2,1H3. The first-order chi connectivity index (χ1) is 14.2. The Balaban J connectivity index is 1.44. The third kappa shape index (κ3) is 3.31. The number of fused-ring (bicyclic) bond motifs is 2. The van der Waals surface area contributed by atoms with Gasteiger partial charge in [0, 0.05) is 42.9 Å². The lowest BCUT2D eigenvalue weighted by molar-refractivity contribution is -0.116. The minimum absolute atomic E-state index is 0.0506. The molecule has 0 radical (unpaired) electrons. The average molecular weight is 387 g/mol. The van der Waals surface area contributed by atoms with Crippen molar-refractivity contribution in [2.45, 2.75) is 12.8 Å². The Morgan fingerprint density at radius 1 is 1.14 bits per heavy atom. The van der Waals surface area contributed by atoms with Crippen LogP contribution in [0.1, 0.15) is 17.5 Å². The van der Waals surface area contributed by atoms with E-state index >= 15 is 0 Å². The van der Waals surface area contributed by atoms with Crippen molar-refractivity contribution in [3.8, 4) is 11.5 Å². The molecular weight excluding hydrogens is 366 g/mol. The summed E-state index contributed by atoms with van der Waals surface area (Å²) in [7, 11) is 1.65. The summed E-state index contributed by atoms with van der Waals surface area (Å²) in [5.41, 5.74) is 4.87. The summed E-state index contributed by atoms with van der Waals surface area (Å²) in [5.74, 6) is 2.62. The Morgan fingerprint density at radius 2 is 2.00 bits per heavy atom. The number of carbonyl (C=O) groups is 1. The van der Waals surface area contributed by atoms with Gasteiger partial charge >= 0.3 is 0 Å². The number of Topliss-reactive ketones (excluding diaryl/α,β-unsaturated/α-hetero) is 1. The molecule has 0 spiro atoms. The first-order valence-electron chi connectivity index (χ1n) is 9.68. The maximum Gasteiger partial charge on any atom is 0.200 e. The number of amidine groups is 1. The van der Waals surface area contributed by atoms with Gasteiger partial charge in [0.25, 0.3) is 0 Å². The highest BCUT2D eigenvalue weighted by Gasteiger charge is 2.30. The number of pyridine rings is 1. The molecule has 5 rings (SSSR count). The molecule has 3 aliphatic heterocycles. The molecule has 146 valence electrons. The first kappa shape index (κ1) is 17.7. The molecule has 0 saturated carbocycles. The molecule has 1 aromatic carbocycles. The van der Waals surface area contributed by atoms with Crippen LogP contribution in [0.4, 0.5) is 0 Å². The highest BCUT2D eigenvalue weighted by molar-refractivity contribution is 6.06. The van der Waals surface area contributed by atoms with Gasteiger partial charge in [-0.05, 0) is 41.5 Å². The van der Waals surface area contributed by atoms with Gasteiger partial charge < -0.3 is 14.4 Å². The zero-order valence-electron chi connectivity index (χ0n) is 16.2. The Kier molecular flexibility index (Phi) is 4.39. The highest BCUT2D eigenvalue weighted by Crippen LogP contribution is 2.33. The van der Waals surface area contributed by atoms with Gasteiger partial charge in [0.05, 0.1) is 13.7 Å². The number of aromatic nitrogens is 1. The Bertz CT molecular complexity index is 1070. The maximum absolute atomic E-state index is 12.9. The minimum Gasteiger partial charge on any atom is -0.497 e. The molecule has 4 heterocycles. The number of hydrogen-bond acceptors (Lipinski definition) is 6. The molecule has 3 aliphatic rings. The number of methoxy groups -OCH3 is 1. The zero-order valence-corrected chi connectivity index (χ0v) is 16.2. The third-order valence-corrected chi connectivity index (χ3v) is 5.56. The molecule has 0 atom stereocenters. The summed E-state index contributed by atoms with van der Waals surface area (Å²) in [6, 6.07) is 9.76. The second-order valence-electron chi connectivity index (χ2n) is 7.37. The van der Waals surface area contributed by atoms with Crippen molar-refractivity contribution < 1.29 is 14.3 Å². The van der Waals surface area contributed by atoms with E-state index in [0.717, 1.165) is 34.0 Å². The van der Waals surface area contributed by atoms with Gasteiger partial charge in [-0.1, -0.05) is 6.08 Å². The number of ether oxygens (including phenoxy) is 2. The van der Waals surface area contributed by atoms with Crippen molar-refractivity contribution in [1.29, 1.82) is 0 Å². The van der Waals surface area contributed by atoms with Crippen molar-refractivity contribution >= 4 is 17.2 Å². The van der Waals surface area contributed by atoms with Gasteiger partial charge in [-0.3, -0.25) is 9.78 Å². The first-order valence-corrected chi connectivity index (χ1v) is 9.68. The molecule has 0 fully saturated rings. The molecule has 0 saturated heterocycles. The Morgan fingerprint density at radius 3 is 2.83 bits per heavy atom. The van der Waals surface area contributed by atoms with Crippen LogP contribution in [0.3, 0.4) is 0 Å². The van der Waals surface area contributed by atoms with Crippen LogP contribution < -0.4 is 9.47 Å². The van der Waals surface area contributed by atoms with E-state index in [2.05, 4.69) is 16.0 Å². The second-order valence-corrected chi connectivity index (χ2v) is 7.37. The molecule has 0 amide bonds. The van der Waals surface area contributed by atoms with Crippen LogP contribution in [0.5, 0.6) is 11.5 Å². The van der Waals surface area contributed by atoms with Gasteiger partial charge in [-0.15, -0.1) is 0 Å². The van der Waals surface area contributed by atoms with Crippen LogP contribution >= 0.6 is 0 Å². The molecule has 2 aromatic rings. The molecular formula is C23H21N3O3. The molecule has 0 unspecified atom stereocenters. The number of aliphatic imine (C=N–C) groups is 1. The predicted octanol–water partition coefficient (Wildman–Crippen LogP) is 3.05. The lowest BCUT2D eigenvalue weighted by Crippen LogP contribution is -2.43. The fraction of sp³-hybridized carbons (Fsp3) is 0.261. The predicted molar refractivity (Wildman–Crippen MR) is 110 cm³/mol. The SMILES string of the molecule is COc1ccc2c(c1)CC(=C1N=C3CC=C(c4ccncc4)CN3CC1=O)CO2. The second kappa shape index (κ2) is 7.20. The van der Waals surface area contributed by atoms with Crippen LogP contribution in [-0.4, -0.2) is 48.3 Å². The van der Waals surface area contributed by atoms with E-state index in [4.69, 9.17) is 14.5 Å². The molecule has 6 nitrogen and oxygen atoms in total. The van der Waals surface area contributed by atoms with E-state index in [-0.39, 0.29) is 5.78 Å². The van der Waals surface area contributed by atoms with E-state index in [1.807, 2.05) is 30.3 Å². The largest absolute Gasteiger partial charge is 0.497 e. The van der Waals surface area contributed by atoms with Gasteiger partial charge in [-0.2, -0.15) is 0 Å². The molecule has 1 aromatic heterocycles. The Labute approximate surface area is 169 Å². The molecule has 0 aliphatic carbocycles. The van der Waals surface area contributed by atoms with Crippen LogP contribution in [0, 0.1) is 0 Å². The summed E-state index contributed by atoms with van der Waals surface area (Å²) < 4.78 is 11.2. The summed E-state index contributed by atoms with van der Waals surface area (Å²) in [5, 5.41) is 0. The molecule has 0 bridgehead atoms. The van der Waals surface area contributed by atoms with Crippen molar-refractivity contribution in [3.05, 3.63) is 71.2 Å². The Hall–Kier alpha value is -3.41. The zero-order chi connectivity index (χ0) is 19.8. The minimum atomic E-state index is 0.0506. The maximum atomic E-state index is 12.9. The van der Waals surface area contributed by atoms with Crippen LogP contribution in [0.25, 0.3) is 5.57 Å². The topological polar surface area (TPSA) is 64.0 Å². The van der Waals surface area contributed by atoms with Gasteiger partial charge in [0.1, 0.15) is 29.6 Å². The normalized spacial score (nSPS) is 20.9. The van der Waals surface area contributed by atoms with E-state index in [1.54, 1.807) is 19.5 Å². The number of nitrogens with zero attached hydrogens (tertiary/aromatic N) is 3. The van der Waals surface area contributed by atoms with Crippen molar-refractivity contribution in [2.75, 3.05) is 26.8 Å². The lowest BCUT2D eigenvalue weighted by Gasteiger charge is -2.34. The van der Waals surface area contributed by atoms with E-state index in [0.29, 0.717) is 38.2 Å². The average Bonchev–Trinajstić information content (AvgIpc) is 2.78. The van der Waals surface area contributed by atoms with Crippen molar-refractivity contribution in [2.24, 2.45) is 4.99 Å². The number of carbonyl (C=O) groups excluding carboxylic acids is 1. The van der Waals surface area contributed by atoms with Crippen LogP contribution in [-0.2, 0) is 11.2 Å². The fourth-order valence-electron chi connectivity index (χ4n) is 4.02. The number of rotatable bonds is 2. The van der Waals surface area contributed by atoms with Crippen molar-refractivity contribution in [3.63, 3.8) is 0 Å². The summed E-state index contributed by atoms with van der Waals surface area (Å²) in [6.45, 7) is 1.44. The summed E-state index contributed by atoms with van der Waals surface area (Å²) in [4.78, 5) is 23.8. The van der Waals surface area contributed by atoms with E-state index in [1.165, 1.54) is 5.57 Å². The van der Waals surface area contributed by atoms with E-state index in [9.17, 15) is 4.79 Å². The van der Waals surface area contributed by atoms with Crippen molar-refractivity contribution in [1.82, 2.24) is 9.88 Å². The van der Waals surface area contributed by atoms with Crippen LogP contribution in [0.15, 0.2) is 65.1 Å².